The molecule has 9 rings (SSSR count). The molecule has 3 nitrogen and oxygen atoms in total. The fourth-order valence-corrected chi connectivity index (χ4v) is 7.40. The highest BCUT2D eigenvalue weighted by Crippen LogP contribution is 2.47. The first-order valence-corrected chi connectivity index (χ1v) is 15.8. The third kappa shape index (κ3) is 4.05. The van der Waals surface area contributed by atoms with Crippen LogP contribution in [0.5, 0.6) is 0 Å². The summed E-state index contributed by atoms with van der Waals surface area (Å²) < 4.78 is 0. The van der Waals surface area contributed by atoms with Crippen molar-refractivity contribution in [2.24, 2.45) is 0 Å². The second kappa shape index (κ2) is 10.5. The van der Waals surface area contributed by atoms with Gasteiger partial charge in [0.1, 0.15) is 6.07 Å². The lowest BCUT2D eigenvalue weighted by atomic mass is 9.91. The van der Waals surface area contributed by atoms with Gasteiger partial charge in [-0.1, -0.05) is 109 Å². The van der Waals surface area contributed by atoms with Crippen molar-refractivity contribution in [2.45, 2.75) is 6.42 Å². The Morgan fingerprint density at radius 2 is 1.20 bits per heavy atom. The van der Waals surface area contributed by atoms with Gasteiger partial charge in [0.15, 0.2) is 0 Å². The summed E-state index contributed by atoms with van der Waals surface area (Å²) in [5.74, 6) is 0. The van der Waals surface area contributed by atoms with Crippen molar-refractivity contribution >= 4 is 60.8 Å². The molecule has 0 fully saturated rings. The Balaban J connectivity index is 1.28. The van der Waals surface area contributed by atoms with Crippen LogP contribution in [0.3, 0.4) is 0 Å². The first kappa shape index (κ1) is 26.3. The Hall–Kier alpha value is -6.11. The molecule has 0 spiro atoms. The summed E-state index contributed by atoms with van der Waals surface area (Å²) in [5.41, 5.74) is 9.63. The predicted octanol–water partition coefficient (Wildman–Crippen LogP) is 11.3. The maximum Gasteiger partial charge on any atom is 0.101 e. The van der Waals surface area contributed by atoms with Crippen molar-refractivity contribution in [3.8, 4) is 17.2 Å². The van der Waals surface area contributed by atoms with E-state index in [2.05, 4.69) is 137 Å². The normalized spacial score (nSPS) is 12.5. The molecule has 0 unspecified atom stereocenters. The molecule has 1 aliphatic heterocycles. The standard InChI is InChI=1S/C43H29N3/c44-28-34-27-33(29-9-3-1-4-10-29)19-22-39(34)46(35-12-5-2-6-13-35)41-24-18-32-15-20-36-40(45-26-25-30-11-7-8-14-38(30)45)23-17-31-16-21-37(41)43(32)42(31)36/h1-24,27H,25-26H2. The van der Waals surface area contributed by atoms with E-state index in [1.54, 1.807) is 0 Å². The van der Waals surface area contributed by atoms with Crippen LogP contribution in [0, 0.1) is 11.3 Å². The minimum absolute atomic E-state index is 0.630. The summed E-state index contributed by atoms with van der Waals surface area (Å²) >= 11 is 0. The van der Waals surface area contributed by atoms with E-state index in [0.29, 0.717) is 5.56 Å². The zero-order valence-corrected chi connectivity index (χ0v) is 25.2. The molecule has 0 amide bonds. The average molecular weight is 588 g/mol. The van der Waals surface area contributed by atoms with Crippen molar-refractivity contribution in [3.05, 3.63) is 163 Å². The summed E-state index contributed by atoms with van der Waals surface area (Å²) in [5, 5.41) is 17.9. The fraction of sp³-hybridized carbons (Fsp3) is 0.0465. The van der Waals surface area contributed by atoms with Crippen LogP contribution in [0.2, 0.25) is 0 Å². The molecule has 0 saturated heterocycles. The van der Waals surface area contributed by atoms with Crippen LogP contribution in [-0.4, -0.2) is 6.54 Å². The van der Waals surface area contributed by atoms with Crippen LogP contribution in [0.1, 0.15) is 11.1 Å². The summed E-state index contributed by atoms with van der Waals surface area (Å²) in [4.78, 5) is 4.72. The van der Waals surface area contributed by atoms with E-state index in [1.165, 1.54) is 43.9 Å². The first-order chi connectivity index (χ1) is 22.8. The second-order valence-electron chi connectivity index (χ2n) is 12.0. The van der Waals surface area contributed by atoms with Gasteiger partial charge in [0.2, 0.25) is 0 Å². The van der Waals surface area contributed by atoms with Gasteiger partial charge in [-0.25, -0.2) is 0 Å². The molecule has 8 aromatic rings. The molecule has 46 heavy (non-hydrogen) atoms. The van der Waals surface area contributed by atoms with Crippen molar-refractivity contribution in [1.82, 2.24) is 0 Å². The van der Waals surface area contributed by atoms with E-state index in [-0.39, 0.29) is 0 Å². The van der Waals surface area contributed by atoms with E-state index < -0.39 is 0 Å². The number of hydrogen-bond acceptors (Lipinski definition) is 3. The summed E-state index contributed by atoms with van der Waals surface area (Å²) in [7, 11) is 0. The smallest absolute Gasteiger partial charge is 0.101 e. The number of nitriles is 1. The van der Waals surface area contributed by atoms with Gasteiger partial charge in [-0.05, 0) is 87.1 Å². The van der Waals surface area contributed by atoms with E-state index in [1.807, 2.05) is 30.3 Å². The highest BCUT2D eigenvalue weighted by atomic mass is 15.2. The Morgan fingerprint density at radius 3 is 2.00 bits per heavy atom. The van der Waals surface area contributed by atoms with Crippen molar-refractivity contribution in [2.75, 3.05) is 16.3 Å². The minimum atomic E-state index is 0.630. The third-order valence-corrected chi connectivity index (χ3v) is 9.52. The van der Waals surface area contributed by atoms with E-state index in [4.69, 9.17) is 0 Å². The molecular weight excluding hydrogens is 558 g/mol. The van der Waals surface area contributed by atoms with Crippen molar-refractivity contribution < 1.29 is 0 Å². The second-order valence-corrected chi connectivity index (χ2v) is 12.0. The third-order valence-electron chi connectivity index (χ3n) is 9.52. The Bertz CT molecular complexity index is 2440. The van der Waals surface area contributed by atoms with Gasteiger partial charge in [-0.3, -0.25) is 0 Å². The van der Waals surface area contributed by atoms with Crippen LogP contribution >= 0.6 is 0 Å². The van der Waals surface area contributed by atoms with Gasteiger partial charge in [-0.2, -0.15) is 5.26 Å². The van der Waals surface area contributed by atoms with E-state index >= 15 is 0 Å². The molecule has 3 heteroatoms. The molecule has 1 heterocycles. The van der Waals surface area contributed by atoms with E-state index in [0.717, 1.165) is 46.5 Å². The number of para-hydroxylation sites is 2. The zero-order chi connectivity index (χ0) is 30.6. The summed E-state index contributed by atoms with van der Waals surface area (Å²) in [6, 6.07) is 56.2. The number of rotatable bonds is 5. The van der Waals surface area contributed by atoms with Gasteiger partial charge in [0.25, 0.3) is 0 Å². The van der Waals surface area contributed by atoms with Gasteiger partial charge < -0.3 is 9.80 Å². The SMILES string of the molecule is N#Cc1cc(-c2ccccc2)ccc1N(c1ccccc1)c1ccc2ccc3c(N4CCc5ccccc54)ccc4ccc1c2c43. The molecule has 0 saturated carbocycles. The molecule has 0 bridgehead atoms. The lowest BCUT2D eigenvalue weighted by molar-refractivity contribution is 1.00. The van der Waals surface area contributed by atoms with Crippen LogP contribution in [-0.2, 0) is 6.42 Å². The van der Waals surface area contributed by atoms with Crippen molar-refractivity contribution in [1.29, 1.82) is 5.26 Å². The van der Waals surface area contributed by atoms with Gasteiger partial charge in [0, 0.05) is 34.4 Å². The monoisotopic (exact) mass is 587 g/mol. The number of hydrogen-bond donors (Lipinski definition) is 0. The molecule has 8 aromatic carbocycles. The summed E-state index contributed by atoms with van der Waals surface area (Å²) in [6.07, 6.45) is 1.05. The van der Waals surface area contributed by atoms with Gasteiger partial charge in [0.05, 0.1) is 16.9 Å². The zero-order valence-electron chi connectivity index (χ0n) is 25.2. The minimum Gasteiger partial charge on any atom is -0.340 e. The maximum absolute atomic E-state index is 10.5. The molecule has 0 aliphatic carbocycles. The van der Waals surface area contributed by atoms with Crippen LogP contribution in [0.4, 0.5) is 28.4 Å². The Labute approximate surface area is 268 Å². The first-order valence-electron chi connectivity index (χ1n) is 15.8. The number of anilines is 5. The van der Waals surface area contributed by atoms with Crippen LogP contribution < -0.4 is 9.80 Å². The number of nitrogens with zero attached hydrogens (tertiary/aromatic N) is 3. The molecule has 0 radical (unpaired) electrons. The topological polar surface area (TPSA) is 30.3 Å². The molecule has 0 N–H and O–H groups in total. The molecule has 0 atom stereocenters. The Kier molecular flexibility index (Phi) is 6.01. The van der Waals surface area contributed by atoms with Crippen molar-refractivity contribution in [3.63, 3.8) is 0 Å². The van der Waals surface area contributed by atoms with Crippen LogP contribution in [0.15, 0.2) is 152 Å². The Morgan fingerprint density at radius 1 is 0.543 bits per heavy atom. The highest BCUT2D eigenvalue weighted by molar-refractivity contribution is 6.28. The quantitative estimate of drug-likeness (QED) is 0.188. The maximum atomic E-state index is 10.5. The molecule has 0 aromatic heterocycles. The molecule has 216 valence electrons. The highest BCUT2D eigenvalue weighted by Gasteiger charge is 2.24. The lowest BCUT2D eigenvalue weighted by Crippen LogP contribution is -2.14. The van der Waals surface area contributed by atoms with Crippen LogP contribution in [0.25, 0.3) is 43.4 Å². The van der Waals surface area contributed by atoms with Gasteiger partial charge >= 0.3 is 0 Å². The van der Waals surface area contributed by atoms with E-state index in [9.17, 15) is 5.26 Å². The average Bonchev–Trinajstić information content (AvgIpc) is 3.56. The number of fused-ring (bicyclic) bond motifs is 1. The molecule has 1 aliphatic rings. The largest absolute Gasteiger partial charge is 0.340 e. The number of benzene rings is 8. The molecular formula is C43H29N3. The fourth-order valence-electron chi connectivity index (χ4n) is 7.40. The predicted molar refractivity (Wildman–Crippen MR) is 192 cm³/mol. The van der Waals surface area contributed by atoms with Gasteiger partial charge in [-0.15, -0.1) is 0 Å². The summed E-state index contributed by atoms with van der Waals surface area (Å²) in [6.45, 7) is 0.978. The lowest BCUT2D eigenvalue weighted by Gasteiger charge is -2.29.